The molecular formula is CHCaO4. The summed E-state index contributed by atoms with van der Waals surface area (Å²) >= 11 is 0. The molecule has 0 spiro atoms. The Morgan fingerprint density at radius 2 is 1.33 bits per heavy atom. The molecular weight excluding hydrogens is 116 g/mol. The van der Waals surface area contributed by atoms with Crippen LogP contribution < -0.4 is 10.2 Å². The summed E-state index contributed by atoms with van der Waals surface area (Å²) in [5.41, 5.74) is 0. The minimum Gasteiger partial charge on any atom is -0.652 e. The third-order valence-corrected chi connectivity index (χ3v) is 0. The van der Waals surface area contributed by atoms with Gasteiger partial charge in [-0.1, -0.05) is 0 Å². The molecule has 0 heterocycles. The van der Waals surface area contributed by atoms with E-state index in [0.29, 0.717) is 0 Å². The third kappa shape index (κ3) is 228. The fourth-order valence-electron chi connectivity index (χ4n) is 0. The maximum Gasteiger partial charge on any atom is 2.00 e. The van der Waals surface area contributed by atoms with Crippen LogP contribution in [-0.2, 0) is 0 Å². The van der Waals surface area contributed by atoms with Crippen LogP contribution in [0.15, 0.2) is 0 Å². The van der Waals surface area contributed by atoms with Gasteiger partial charge in [-0.2, -0.15) is 0 Å². The average Bonchev–Trinajstić information content (AvgIpc) is 0.811. The van der Waals surface area contributed by atoms with E-state index in [-0.39, 0.29) is 43.2 Å². The summed E-state index contributed by atoms with van der Waals surface area (Å²) in [5, 5.41) is 16.7. The Morgan fingerprint density at radius 3 is 1.33 bits per heavy atom. The summed E-state index contributed by atoms with van der Waals surface area (Å²) in [4.78, 5) is 8.33. The molecule has 0 rings (SSSR count). The van der Waals surface area contributed by atoms with Crippen molar-refractivity contribution < 1.29 is 20.5 Å². The topological polar surface area (TPSA) is 93.2 Å². The summed E-state index contributed by atoms with van der Waals surface area (Å²) < 4.78 is 0. The van der Waals surface area contributed by atoms with Crippen LogP contribution in [0.3, 0.4) is 0 Å². The third-order valence-electron chi connectivity index (χ3n) is 0. The van der Waals surface area contributed by atoms with Crippen molar-refractivity contribution in [3.63, 3.8) is 0 Å². The summed E-state index contributed by atoms with van der Waals surface area (Å²) in [6, 6.07) is 0. The standard InChI is InChI=1S/CH2O3.Ca.HO/c2-1(3)4;;/h(H2,2,3,4);;1H/q;+2;/p-2. The van der Waals surface area contributed by atoms with Gasteiger partial charge in [-0.3, -0.25) is 5.48 Å². The van der Waals surface area contributed by atoms with Crippen LogP contribution >= 0.6 is 0 Å². The molecule has 0 aromatic rings. The molecule has 5 heteroatoms. The second-order valence-electron chi connectivity index (χ2n) is 0.250. The molecule has 0 aliphatic carbocycles. The number of hydrogen-bond acceptors (Lipinski definition) is 3. The molecule has 0 unspecified atom stereocenters. The molecule has 6 heavy (non-hydrogen) atoms. The molecule has 1 N–H and O–H groups in total. The number of carbonyl (C=O) groups excluding carboxylic acids is 1. The molecule has 1 radical (unpaired) electrons. The quantitative estimate of drug-likeness (QED) is 0.342. The smallest absolute Gasteiger partial charge is 0.652 e. The summed E-state index contributed by atoms with van der Waals surface area (Å²) in [6.07, 6.45) is -2.33. The molecule has 0 aromatic carbocycles. The van der Waals surface area contributed by atoms with E-state index in [9.17, 15) is 0 Å². The minimum atomic E-state index is -2.33. The Kier molecular flexibility index (Phi) is 24.3. The van der Waals surface area contributed by atoms with Gasteiger partial charge < -0.3 is 15.0 Å². The van der Waals surface area contributed by atoms with Gasteiger partial charge in [0.2, 0.25) is 0 Å². The molecule has 31 valence electrons. The van der Waals surface area contributed by atoms with Crippen LogP contribution in [0.4, 0.5) is 4.79 Å². The van der Waals surface area contributed by atoms with Crippen molar-refractivity contribution in [3.8, 4) is 0 Å². The Bertz CT molecular complexity index is 30.5. The van der Waals surface area contributed by atoms with Crippen LogP contribution in [0.5, 0.6) is 0 Å². The van der Waals surface area contributed by atoms with Crippen LogP contribution in [0, 0.1) is 0 Å². The van der Waals surface area contributed by atoms with Crippen molar-refractivity contribution in [1.82, 2.24) is 0 Å². The number of hydrogen-bond donors (Lipinski definition) is 1. The largest absolute Gasteiger partial charge is 2.00 e. The van der Waals surface area contributed by atoms with Crippen molar-refractivity contribution in [3.05, 3.63) is 0 Å². The van der Waals surface area contributed by atoms with Crippen molar-refractivity contribution in [2.45, 2.75) is 0 Å². The summed E-state index contributed by atoms with van der Waals surface area (Å²) in [7, 11) is 0. The first kappa shape index (κ1) is 16.1. The Hall–Kier alpha value is 0.490. The van der Waals surface area contributed by atoms with E-state index in [1.807, 2.05) is 0 Å². The molecule has 0 saturated carbocycles. The molecule has 0 atom stereocenters. The fourth-order valence-corrected chi connectivity index (χ4v) is 0. The van der Waals surface area contributed by atoms with E-state index in [1.54, 1.807) is 0 Å². The van der Waals surface area contributed by atoms with Gasteiger partial charge in [0.05, 0.1) is 0 Å². The normalized spacial score (nSPS) is 4.00. The van der Waals surface area contributed by atoms with Crippen molar-refractivity contribution in [2.75, 3.05) is 0 Å². The van der Waals surface area contributed by atoms with Gasteiger partial charge in [-0.25, -0.2) is 0 Å². The molecule has 0 fully saturated rings. The maximum atomic E-state index is 8.33. The van der Waals surface area contributed by atoms with E-state index in [1.165, 1.54) is 0 Å². The SMILES string of the molecule is O=C([O-])[O-].[Ca+2].[OH]. The molecule has 4 nitrogen and oxygen atoms in total. The van der Waals surface area contributed by atoms with Crippen LogP contribution in [0.25, 0.3) is 0 Å². The maximum absolute atomic E-state index is 8.33. The van der Waals surface area contributed by atoms with Crippen LogP contribution in [0.2, 0.25) is 0 Å². The predicted molar refractivity (Wildman–Crippen MR) is 13.1 cm³/mol. The van der Waals surface area contributed by atoms with E-state index < -0.39 is 6.16 Å². The molecule has 0 saturated heterocycles. The average molecular weight is 117 g/mol. The number of rotatable bonds is 0. The van der Waals surface area contributed by atoms with Crippen molar-refractivity contribution >= 4 is 43.9 Å². The first-order chi connectivity index (χ1) is 1.73. The summed E-state index contributed by atoms with van der Waals surface area (Å²) in [6.45, 7) is 0. The second kappa shape index (κ2) is 9.09. The molecule has 0 aliphatic heterocycles. The van der Waals surface area contributed by atoms with E-state index >= 15 is 0 Å². The molecule has 0 aliphatic rings. The van der Waals surface area contributed by atoms with Gasteiger partial charge >= 0.3 is 37.7 Å². The first-order valence-corrected chi connectivity index (χ1v) is 0.612. The van der Waals surface area contributed by atoms with E-state index in [4.69, 9.17) is 15.0 Å². The van der Waals surface area contributed by atoms with Gasteiger partial charge in [-0.05, 0) is 6.16 Å². The Balaban J connectivity index is -0.0000000450. The summed E-state index contributed by atoms with van der Waals surface area (Å²) in [5.74, 6) is 0. The predicted octanol–water partition coefficient (Wildman–Crippen LogP) is -3.00. The zero-order valence-electron chi connectivity index (χ0n) is 2.88. The van der Waals surface area contributed by atoms with Crippen LogP contribution in [-0.4, -0.2) is 49.4 Å². The number of carbonyl (C=O) groups is 1. The zero-order valence-corrected chi connectivity index (χ0v) is 5.09. The van der Waals surface area contributed by atoms with E-state index in [2.05, 4.69) is 0 Å². The first-order valence-electron chi connectivity index (χ1n) is 0.612. The monoisotopic (exact) mass is 117 g/mol. The molecule has 0 aromatic heterocycles. The van der Waals surface area contributed by atoms with Crippen molar-refractivity contribution in [2.24, 2.45) is 0 Å². The Labute approximate surface area is 64.1 Å². The Morgan fingerprint density at radius 1 is 1.33 bits per heavy atom. The molecule has 0 amide bonds. The van der Waals surface area contributed by atoms with Gasteiger partial charge in [0.1, 0.15) is 0 Å². The zero-order chi connectivity index (χ0) is 3.58. The minimum absolute atomic E-state index is 0. The van der Waals surface area contributed by atoms with E-state index in [0.717, 1.165) is 0 Å². The van der Waals surface area contributed by atoms with Gasteiger partial charge in [-0.15, -0.1) is 0 Å². The number of carboxylic acid groups (broad SMARTS) is 2. The second-order valence-corrected chi connectivity index (χ2v) is 0.250. The van der Waals surface area contributed by atoms with Crippen molar-refractivity contribution in [1.29, 1.82) is 0 Å². The van der Waals surface area contributed by atoms with Crippen LogP contribution in [0.1, 0.15) is 0 Å². The van der Waals surface area contributed by atoms with Gasteiger partial charge in [0, 0.05) is 0 Å². The molecule has 0 bridgehead atoms. The van der Waals surface area contributed by atoms with Gasteiger partial charge in [0.15, 0.2) is 0 Å². The fraction of sp³-hybridized carbons (Fsp3) is 0. The van der Waals surface area contributed by atoms with Gasteiger partial charge in [0.25, 0.3) is 0 Å².